The molecule has 4 heteroatoms. The summed E-state index contributed by atoms with van der Waals surface area (Å²) in [6.07, 6.45) is 1.90. The Balaban J connectivity index is 2.82. The number of hydrogen-bond donors (Lipinski definition) is 1. The Hall–Kier alpha value is -0.740. The van der Waals surface area contributed by atoms with Crippen molar-refractivity contribution in [3.63, 3.8) is 0 Å². The lowest BCUT2D eigenvalue weighted by Crippen LogP contribution is -2.16. The molecular formula is C10H17N3S. The van der Waals surface area contributed by atoms with Crippen LogP contribution in [0.2, 0.25) is 0 Å². The Bertz CT molecular complexity index is 306. The predicted octanol–water partition coefficient (Wildman–Crippen LogP) is 2.33. The van der Waals surface area contributed by atoms with Crippen LogP contribution in [0.3, 0.4) is 0 Å². The van der Waals surface area contributed by atoms with Gasteiger partial charge < -0.3 is 5.32 Å². The molecule has 1 aromatic rings. The van der Waals surface area contributed by atoms with Crippen LogP contribution < -0.4 is 5.32 Å². The van der Waals surface area contributed by atoms with Crippen LogP contribution in [-0.2, 0) is 6.42 Å². The van der Waals surface area contributed by atoms with Crippen LogP contribution in [0, 0.1) is 0 Å². The van der Waals surface area contributed by atoms with Gasteiger partial charge in [0.15, 0.2) is 0 Å². The standard InChI is InChI=1S/C10H17N3S/c1-5-8-10(14-13-12-8)9(11-4)6-7(2)3/h9,11H,2,5-6H2,1,3-4H3. The molecule has 1 unspecified atom stereocenters. The third kappa shape index (κ3) is 2.62. The van der Waals surface area contributed by atoms with Crippen molar-refractivity contribution in [2.24, 2.45) is 0 Å². The van der Waals surface area contributed by atoms with Gasteiger partial charge in [-0.25, -0.2) is 0 Å². The molecule has 0 aliphatic carbocycles. The third-order valence-corrected chi connectivity index (χ3v) is 3.02. The topological polar surface area (TPSA) is 37.8 Å². The van der Waals surface area contributed by atoms with Gasteiger partial charge in [-0.05, 0) is 38.3 Å². The molecule has 0 saturated carbocycles. The van der Waals surface area contributed by atoms with Crippen molar-refractivity contribution in [2.45, 2.75) is 32.7 Å². The maximum Gasteiger partial charge on any atom is 0.0801 e. The third-order valence-electron chi connectivity index (χ3n) is 2.14. The minimum absolute atomic E-state index is 0.322. The summed E-state index contributed by atoms with van der Waals surface area (Å²) in [6.45, 7) is 8.08. The van der Waals surface area contributed by atoms with Crippen molar-refractivity contribution in [2.75, 3.05) is 7.05 Å². The Labute approximate surface area is 89.4 Å². The lowest BCUT2D eigenvalue weighted by atomic mass is 10.1. The van der Waals surface area contributed by atoms with Crippen molar-refractivity contribution >= 4 is 11.5 Å². The van der Waals surface area contributed by atoms with Gasteiger partial charge in [-0.1, -0.05) is 17.0 Å². The second-order valence-electron chi connectivity index (χ2n) is 3.44. The Morgan fingerprint density at radius 1 is 1.64 bits per heavy atom. The molecule has 78 valence electrons. The fourth-order valence-corrected chi connectivity index (χ4v) is 2.25. The minimum Gasteiger partial charge on any atom is -0.312 e. The minimum atomic E-state index is 0.322. The van der Waals surface area contributed by atoms with E-state index in [0.29, 0.717) is 6.04 Å². The molecule has 0 aliphatic rings. The van der Waals surface area contributed by atoms with E-state index in [4.69, 9.17) is 0 Å². The molecule has 3 nitrogen and oxygen atoms in total. The van der Waals surface area contributed by atoms with Gasteiger partial charge in [0.25, 0.3) is 0 Å². The lowest BCUT2D eigenvalue weighted by molar-refractivity contribution is 0.593. The molecule has 0 radical (unpaired) electrons. The summed E-state index contributed by atoms with van der Waals surface area (Å²) in [4.78, 5) is 1.25. The van der Waals surface area contributed by atoms with E-state index in [2.05, 4.69) is 28.4 Å². The number of aryl methyl sites for hydroxylation is 1. The molecule has 0 bridgehead atoms. The lowest BCUT2D eigenvalue weighted by Gasteiger charge is -2.14. The molecule has 1 N–H and O–H groups in total. The maximum absolute atomic E-state index is 4.11. The summed E-state index contributed by atoms with van der Waals surface area (Å²) in [5.74, 6) is 0. The number of rotatable bonds is 5. The van der Waals surface area contributed by atoms with Crippen molar-refractivity contribution in [3.05, 3.63) is 22.7 Å². The average Bonchev–Trinajstić information content (AvgIpc) is 2.61. The molecular weight excluding hydrogens is 194 g/mol. The van der Waals surface area contributed by atoms with E-state index in [0.717, 1.165) is 18.5 Å². The van der Waals surface area contributed by atoms with Gasteiger partial charge in [-0.2, -0.15) is 0 Å². The SMILES string of the molecule is C=C(C)CC(NC)c1snnc1CC. The van der Waals surface area contributed by atoms with Gasteiger partial charge in [-0.15, -0.1) is 11.7 Å². The van der Waals surface area contributed by atoms with Gasteiger partial charge in [0.2, 0.25) is 0 Å². The fourth-order valence-electron chi connectivity index (χ4n) is 1.40. The summed E-state index contributed by atoms with van der Waals surface area (Å²) in [7, 11) is 1.97. The number of hydrogen-bond acceptors (Lipinski definition) is 4. The van der Waals surface area contributed by atoms with E-state index in [9.17, 15) is 0 Å². The zero-order chi connectivity index (χ0) is 10.6. The zero-order valence-electron chi connectivity index (χ0n) is 9.00. The molecule has 0 amide bonds. The highest BCUT2D eigenvalue weighted by molar-refractivity contribution is 7.05. The Kier molecular flexibility index (Phi) is 4.22. The first kappa shape index (κ1) is 11.3. The number of nitrogens with zero attached hydrogens (tertiary/aromatic N) is 2. The first-order valence-corrected chi connectivity index (χ1v) is 5.59. The molecule has 0 aliphatic heterocycles. The van der Waals surface area contributed by atoms with Crippen LogP contribution in [0.4, 0.5) is 0 Å². The van der Waals surface area contributed by atoms with Crippen molar-refractivity contribution in [1.82, 2.24) is 14.9 Å². The molecule has 0 aromatic carbocycles. The molecule has 0 spiro atoms. The second kappa shape index (κ2) is 5.22. The summed E-state index contributed by atoms with van der Waals surface area (Å²) in [5, 5.41) is 7.39. The molecule has 1 heterocycles. The summed E-state index contributed by atoms with van der Waals surface area (Å²) >= 11 is 1.48. The smallest absolute Gasteiger partial charge is 0.0801 e. The van der Waals surface area contributed by atoms with E-state index in [1.165, 1.54) is 22.0 Å². The van der Waals surface area contributed by atoms with Crippen molar-refractivity contribution < 1.29 is 0 Å². The van der Waals surface area contributed by atoms with Crippen LogP contribution in [0.5, 0.6) is 0 Å². The second-order valence-corrected chi connectivity index (χ2v) is 4.23. The first-order chi connectivity index (χ1) is 6.69. The maximum atomic E-state index is 4.11. The molecule has 14 heavy (non-hydrogen) atoms. The monoisotopic (exact) mass is 211 g/mol. The van der Waals surface area contributed by atoms with Crippen LogP contribution in [0.25, 0.3) is 0 Å². The molecule has 1 aromatic heterocycles. The van der Waals surface area contributed by atoms with Crippen LogP contribution >= 0.6 is 11.5 Å². The first-order valence-electron chi connectivity index (χ1n) is 4.81. The van der Waals surface area contributed by atoms with Gasteiger partial charge >= 0.3 is 0 Å². The highest BCUT2D eigenvalue weighted by Gasteiger charge is 2.16. The predicted molar refractivity (Wildman–Crippen MR) is 60.5 cm³/mol. The van der Waals surface area contributed by atoms with Gasteiger partial charge in [0.05, 0.1) is 10.6 Å². The molecule has 0 fully saturated rings. The summed E-state index contributed by atoms with van der Waals surface area (Å²) in [5.41, 5.74) is 2.29. The van der Waals surface area contributed by atoms with E-state index in [1.807, 2.05) is 14.0 Å². The summed E-state index contributed by atoms with van der Waals surface area (Å²) < 4.78 is 3.99. The van der Waals surface area contributed by atoms with Crippen molar-refractivity contribution in [1.29, 1.82) is 0 Å². The van der Waals surface area contributed by atoms with E-state index < -0.39 is 0 Å². The highest BCUT2D eigenvalue weighted by atomic mass is 32.1. The van der Waals surface area contributed by atoms with Gasteiger partial charge in [0.1, 0.15) is 0 Å². The van der Waals surface area contributed by atoms with Gasteiger partial charge in [0, 0.05) is 6.04 Å². The Morgan fingerprint density at radius 2 is 2.36 bits per heavy atom. The summed E-state index contributed by atoms with van der Waals surface area (Å²) in [6, 6.07) is 0.322. The van der Waals surface area contributed by atoms with E-state index in [-0.39, 0.29) is 0 Å². The average molecular weight is 211 g/mol. The highest BCUT2D eigenvalue weighted by Crippen LogP contribution is 2.25. The van der Waals surface area contributed by atoms with Gasteiger partial charge in [-0.3, -0.25) is 0 Å². The van der Waals surface area contributed by atoms with E-state index in [1.54, 1.807) is 0 Å². The number of aromatic nitrogens is 2. The fraction of sp³-hybridized carbons (Fsp3) is 0.600. The normalized spacial score (nSPS) is 12.8. The van der Waals surface area contributed by atoms with Crippen molar-refractivity contribution in [3.8, 4) is 0 Å². The van der Waals surface area contributed by atoms with E-state index >= 15 is 0 Å². The Morgan fingerprint density at radius 3 is 2.86 bits per heavy atom. The largest absolute Gasteiger partial charge is 0.312 e. The molecule has 1 rings (SSSR count). The van der Waals surface area contributed by atoms with Crippen LogP contribution in [0.1, 0.15) is 36.9 Å². The quantitative estimate of drug-likeness (QED) is 0.760. The molecule has 0 saturated heterocycles. The zero-order valence-corrected chi connectivity index (χ0v) is 9.82. The number of nitrogens with one attached hydrogen (secondary N) is 1. The van der Waals surface area contributed by atoms with Crippen LogP contribution in [-0.4, -0.2) is 16.6 Å². The molecule has 1 atom stereocenters. The van der Waals surface area contributed by atoms with Crippen LogP contribution in [0.15, 0.2) is 12.2 Å².